The third-order valence-electron chi connectivity index (χ3n) is 1.03. The Morgan fingerprint density at radius 1 is 1.71 bits per heavy atom. The van der Waals surface area contributed by atoms with E-state index in [0.29, 0.717) is 0 Å². The number of hydrogen-bond acceptors (Lipinski definition) is 0. The maximum atomic E-state index is 2.16. The summed E-state index contributed by atoms with van der Waals surface area (Å²) in [5.41, 5.74) is 1.35. The van der Waals surface area contributed by atoms with E-state index in [4.69, 9.17) is 0 Å². The standard InChI is InChI=1S/C7H9/c1-7-5-3-2-4-6-7/h3-6H,2H2,1H3/q+1. The maximum Gasteiger partial charge on any atom is 0.0968 e. The lowest BCUT2D eigenvalue weighted by atomic mass is 10.1. The van der Waals surface area contributed by atoms with Crippen molar-refractivity contribution >= 4 is 0 Å². The summed E-state index contributed by atoms with van der Waals surface area (Å²) in [6.07, 6.45) is 9.71. The highest BCUT2D eigenvalue weighted by Gasteiger charge is 1.96. The molecule has 0 spiro atoms. The molecule has 0 N–H and O–H groups in total. The van der Waals surface area contributed by atoms with Crippen LogP contribution in [0.2, 0.25) is 0 Å². The quantitative estimate of drug-likeness (QED) is 0.402. The van der Waals surface area contributed by atoms with E-state index in [1.54, 1.807) is 0 Å². The van der Waals surface area contributed by atoms with Gasteiger partial charge in [0, 0.05) is 19.4 Å². The molecular weight excluding hydrogens is 84.1 g/mol. The van der Waals surface area contributed by atoms with Gasteiger partial charge in [-0.1, -0.05) is 0 Å². The van der Waals surface area contributed by atoms with Crippen molar-refractivity contribution in [3.8, 4) is 0 Å². The molecule has 0 nitrogen and oxygen atoms in total. The van der Waals surface area contributed by atoms with Gasteiger partial charge >= 0.3 is 0 Å². The predicted octanol–water partition coefficient (Wildman–Crippen LogP) is 2.10. The highest BCUT2D eigenvalue weighted by molar-refractivity contribution is 5.24. The fourth-order valence-corrected chi connectivity index (χ4v) is 0.642. The van der Waals surface area contributed by atoms with Crippen LogP contribution in [0.15, 0.2) is 23.8 Å². The summed E-state index contributed by atoms with van der Waals surface area (Å²) in [7, 11) is 0. The summed E-state index contributed by atoms with van der Waals surface area (Å²) in [6.45, 7) is 2.10. The zero-order chi connectivity index (χ0) is 5.11. The minimum absolute atomic E-state index is 1.11. The summed E-state index contributed by atoms with van der Waals surface area (Å²) >= 11 is 0. The summed E-state index contributed by atoms with van der Waals surface area (Å²) in [6, 6.07) is 0. The van der Waals surface area contributed by atoms with Gasteiger partial charge in [-0.05, 0) is 6.08 Å². The first-order valence-electron chi connectivity index (χ1n) is 2.56. The Labute approximate surface area is 44.5 Å². The van der Waals surface area contributed by atoms with E-state index in [0.717, 1.165) is 6.42 Å². The summed E-state index contributed by atoms with van der Waals surface area (Å²) in [5.74, 6) is 0. The van der Waals surface area contributed by atoms with E-state index in [9.17, 15) is 0 Å². The van der Waals surface area contributed by atoms with Gasteiger partial charge in [-0.15, -0.1) is 0 Å². The Kier molecular flexibility index (Phi) is 1.21. The molecule has 0 fully saturated rings. The molecule has 0 heterocycles. The fourth-order valence-electron chi connectivity index (χ4n) is 0.642. The van der Waals surface area contributed by atoms with Crippen LogP contribution in [0.3, 0.4) is 0 Å². The summed E-state index contributed by atoms with van der Waals surface area (Å²) in [5, 5.41) is 0. The zero-order valence-corrected chi connectivity index (χ0v) is 4.52. The summed E-state index contributed by atoms with van der Waals surface area (Å²) in [4.78, 5) is 0. The molecule has 1 aliphatic rings. The van der Waals surface area contributed by atoms with Gasteiger partial charge in [-0.25, -0.2) is 0 Å². The van der Waals surface area contributed by atoms with Gasteiger partial charge < -0.3 is 0 Å². The second-order valence-corrected chi connectivity index (χ2v) is 1.78. The third-order valence-corrected chi connectivity index (χ3v) is 1.03. The van der Waals surface area contributed by atoms with Gasteiger partial charge in [-0.2, -0.15) is 0 Å². The van der Waals surface area contributed by atoms with E-state index in [1.165, 1.54) is 5.57 Å². The van der Waals surface area contributed by atoms with Crippen LogP contribution in [-0.2, 0) is 0 Å². The first kappa shape index (κ1) is 4.51. The molecule has 0 aromatic carbocycles. The lowest BCUT2D eigenvalue weighted by molar-refractivity contribution is 1.23. The Morgan fingerprint density at radius 2 is 2.57 bits per heavy atom. The first-order chi connectivity index (χ1) is 3.39. The molecule has 0 saturated carbocycles. The highest BCUT2D eigenvalue weighted by Crippen LogP contribution is 2.05. The van der Waals surface area contributed by atoms with Gasteiger partial charge in [0.1, 0.15) is 0 Å². The lowest BCUT2D eigenvalue weighted by Crippen LogP contribution is -1.77. The fraction of sp³-hybridized carbons (Fsp3) is 0.286. The minimum Gasteiger partial charge on any atom is -0.0409 e. The smallest absolute Gasteiger partial charge is 0.0409 e. The van der Waals surface area contributed by atoms with Crippen molar-refractivity contribution in [3.05, 3.63) is 30.2 Å². The van der Waals surface area contributed by atoms with Crippen LogP contribution in [0.1, 0.15) is 13.3 Å². The second kappa shape index (κ2) is 1.87. The van der Waals surface area contributed by atoms with Crippen molar-refractivity contribution in [1.29, 1.82) is 0 Å². The van der Waals surface area contributed by atoms with Gasteiger partial charge in [0.15, 0.2) is 0 Å². The molecule has 0 radical (unpaired) electrons. The topological polar surface area (TPSA) is 0 Å². The molecule has 36 valence electrons. The van der Waals surface area contributed by atoms with Gasteiger partial charge in [0.05, 0.1) is 18.1 Å². The van der Waals surface area contributed by atoms with Gasteiger partial charge in [0.2, 0.25) is 0 Å². The van der Waals surface area contributed by atoms with Crippen LogP contribution < -0.4 is 0 Å². The Balaban J connectivity index is 2.58. The monoisotopic (exact) mass is 93.1 g/mol. The molecule has 0 bridgehead atoms. The molecule has 0 heteroatoms. The minimum atomic E-state index is 1.11. The van der Waals surface area contributed by atoms with Crippen LogP contribution in [0.4, 0.5) is 0 Å². The molecule has 1 rings (SSSR count). The van der Waals surface area contributed by atoms with Crippen LogP contribution in [0, 0.1) is 6.42 Å². The molecule has 0 aromatic heterocycles. The van der Waals surface area contributed by atoms with Crippen molar-refractivity contribution in [2.75, 3.05) is 0 Å². The molecule has 0 aromatic rings. The number of hydrogen-bond donors (Lipinski definition) is 0. The van der Waals surface area contributed by atoms with Crippen LogP contribution in [0.5, 0.6) is 0 Å². The molecule has 0 aliphatic heterocycles. The first-order valence-corrected chi connectivity index (χ1v) is 2.56. The largest absolute Gasteiger partial charge is 0.0968 e. The van der Waals surface area contributed by atoms with Crippen molar-refractivity contribution in [1.82, 2.24) is 0 Å². The Hall–Kier alpha value is -0.650. The Bertz CT molecular complexity index is 107. The molecule has 0 atom stereocenters. The Morgan fingerprint density at radius 3 is 2.86 bits per heavy atom. The number of rotatable bonds is 0. The van der Waals surface area contributed by atoms with Crippen molar-refractivity contribution < 1.29 is 0 Å². The van der Waals surface area contributed by atoms with E-state index in [1.807, 2.05) is 0 Å². The lowest BCUT2D eigenvalue weighted by Gasteiger charge is -1.86. The average Bonchev–Trinajstić information content (AvgIpc) is 1.69. The molecular formula is C7H9+. The molecule has 0 amide bonds. The molecule has 0 saturated heterocycles. The van der Waals surface area contributed by atoms with Crippen LogP contribution in [-0.4, -0.2) is 0 Å². The summed E-state index contributed by atoms with van der Waals surface area (Å²) < 4.78 is 0. The van der Waals surface area contributed by atoms with Crippen LogP contribution in [0.25, 0.3) is 0 Å². The average molecular weight is 93.1 g/mol. The van der Waals surface area contributed by atoms with E-state index < -0.39 is 0 Å². The van der Waals surface area contributed by atoms with Crippen molar-refractivity contribution in [2.45, 2.75) is 13.3 Å². The van der Waals surface area contributed by atoms with E-state index in [2.05, 4.69) is 31.6 Å². The second-order valence-electron chi connectivity index (χ2n) is 1.78. The molecule has 7 heavy (non-hydrogen) atoms. The van der Waals surface area contributed by atoms with Gasteiger partial charge in [0.25, 0.3) is 0 Å². The van der Waals surface area contributed by atoms with Crippen molar-refractivity contribution in [3.63, 3.8) is 0 Å². The third kappa shape index (κ3) is 1.11. The van der Waals surface area contributed by atoms with Crippen molar-refractivity contribution in [2.24, 2.45) is 0 Å². The zero-order valence-electron chi connectivity index (χ0n) is 4.52. The van der Waals surface area contributed by atoms with E-state index >= 15 is 0 Å². The molecule has 1 aliphatic carbocycles. The van der Waals surface area contributed by atoms with E-state index in [-0.39, 0.29) is 0 Å². The maximum absolute atomic E-state index is 2.16. The highest BCUT2D eigenvalue weighted by atomic mass is 13.9. The van der Waals surface area contributed by atoms with Crippen LogP contribution >= 0.6 is 0 Å². The predicted molar refractivity (Wildman–Crippen MR) is 31.8 cm³/mol. The molecule has 0 unspecified atom stereocenters. The SMILES string of the molecule is CC1=C[CH+]CC=C1. The normalized spacial score (nSPS) is 18.1. The number of allylic oxidation sites excluding steroid dienone is 4. The van der Waals surface area contributed by atoms with Gasteiger partial charge in [-0.3, -0.25) is 0 Å².